The maximum atomic E-state index is 11.7. The molecule has 116 valence electrons. The molecular formula is C16H20N4O2. The first kappa shape index (κ1) is 13.5. The van der Waals surface area contributed by atoms with Gasteiger partial charge < -0.3 is 9.84 Å². The van der Waals surface area contributed by atoms with Crippen LogP contribution >= 0.6 is 0 Å². The lowest BCUT2D eigenvalue weighted by Crippen LogP contribution is -2.29. The molecule has 0 aliphatic heterocycles. The number of nitrogens with zero attached hydrogens (tertiary/aromatic N) is 3. The third-order valence-corrected chi connectivity index (χ3v) is 4.31. The minimum Gasteiger partial charge on any atom is -0.356 e. The van der Waals surface area contributed by atoms with Gasteiger partial charge in [-0.1, -0.05) is 5.16 Å². The summed E-state index contributed by atoms with van der Waals surface area (Å²) >= 11 is 0. The Labute approximate surface area is 128 Å². The first-order valence-corrected chi connectivity index (χ1v) is 7.99. The van der Waals surface area contributed by atoms with Gasteiger partial charge in [0, 0.05) is 24.4 Å². The molecule has 0 radical (unpaired) electrons. The van der Waals surface area contributed by atoms with E-state index in [4.69, 9.17) is 4.52 Å². The summed E-state index contributed by atoms with van der Waals surface area (Å²) in [4.78, 5) is 11.7. The van der Waals surface area contributed by atoms with Gasteiger partial charge in [-0.3, -0.25) is 9.48 Å². The van der Waals surface area contributed by atoms with E-state index in [1.807, 2.05) is 23.9 Å². The fraction of sp³-hybridized carbons (Fsp3) is 0.562. The second-order valence-corrected chi connectivity index (χ2v) is 6.34. The lowest BCUT2D eigenvalue weighted by Gasteiger charge is -2.09. The number of aromatic nitrogens is 3. The summed E-state index contributed by atoms with van der Waals surface area (Å²) in [6, 6.07) is 1.95. The summed E-state index contributed by atoms with van der Waals surface area (Å²) in [6.07, 6.45) is 6.32. The number of hydrogen-bond donors (Lipinski definition) is 1. The molecule has 2 aliphatic carbocycles. The van der Waals surface area contributed by atoms with Crippen LogP contribution < -0.4 is 5.32 Å². The molecule has 2 fully saturated rings. The molecule has 6 heteroatoms. The zero-order chi connectivity index (χ0) is 15.1. The molecule has 0 saturated heterocycles. The van der Waals surface area contributed by atoms with Crippen molar-refractivity contribution >= 4 is 5.91 Å². The highest BCUT2D eigenvalue weighted by atomic mass is 16.5. The van der Waals surface area contributed by atoms with Crippen LogP contribution in [0.4, 0.5) is 0 Å². The van der Waals surface area contributed by atoms with E-state index in [-0.39, 0.29) is 11.8 Å². The van der Waals surface area contributed by atoms with Crippen molar-refractivity contribution in [3.8, 4) is 11.3 Å². The molecule has 0 atom stereocenters. The summed E-state index contributed by atoms with van der Waals surface area (Å²) in [7, 11) is 0. The Hall–Kier alpha value is -2.11. The van der Waals surface area contributed by atoms with E-state index in [2.05, 4.69) is 15.6 Å². The fourth-order valence-electron chi connectivity index (χ4n) is 2.82. The molecule has 1 amide bonds. The quantitative estimate of drug-likeness (QED) is 0.888. The van der Waals surface area contributed by atoms with Crippen LogP contribution in [0.25, 0.3) is 11.3 Å². The Morgan fingerprint density at radius 3 is 2.86 bits per heavy atom. The summed E-state index contributed by atoms with van der Waals surface area (Å²) in [5.74, 6) is 1.79. The number of amides is 1. The van der Waals surface area contributed by atoms with Gasteiger partial charge in [-0.25, -0.2) is 0 Å². The van der Waals surface area contributed by atoms with Gasteiger partial charge in [0.1, 0.15) is 0 Å². The van der Waals surface area contributed by atoms with Gasteiger partial charge in [-0.05, 0) is 32.6 Å². The van der Waals surface area contributed by atoms with Crippen LogP contribution in [0.1, 0.15) is 43.0 Å². The largest absolute Gasteiger partial charge is 0.356 e. The van der Waals surface area contributed by atoms with Crippen LogP contribution in [-0.2, 0) is 11.3 Å². The average Bonchev–Trinajstić information content (AvgIpc) is 3.42. The Morgan fingerprint density at radius 1 is 1.41 bits per heavy atom. The highest BCUT2D eigenvalue weighted by molar-refractivity contribution is 5.80. The fourth-order valence-corrected chi connectivity index (χ4v) is 2.82. The lowest BCUT2D eigenvalue weighted by molar-refractivity contribution is -0.122. The highest BCUT2D eigenvalue weighted by Crippen LogP contribution is 2.44. The third kappa shape index (κ3) is 2.65. The molecule has 2 saturated carbocycles. The summed E-state index contributed by atoms with van der Waals surface area (Å²) in [5, 5.41) is 11.5. The van der Waals surface area contributed by atoms with E-state index in [1.54, 1.807) is 0 Å². The topological polar surface area (TPSA) is 73.0 Å². The molecule has 0 bridgehead atoms. The molecule has 0 spiro atoms. The van der Waals surface area contributed by atoms with Crippen LogP contribution in [0.5, 0.6) is 0 Å². The molecular weight excluding hydrogens is 280 g/mol. The number of rotatable bonds is 6. The number of carbonyl (C=O) groups excluding carboxylic acids is 1. The van der Waals surface area contributed by atoms with Crippen LogP contribution in [-0.4, -0.2) is 27.4 Å². The minimum atomic E-state index is 0.186. The molecule has 4 rings (SSSR count). The predicted octanol–water partition coefficient (Wildman–Crippen LogP) is 2.25. The zero-order valence-electron chi connectivity index (χ0n) is 12.7. The van der Waals surface area contributed by atoms with Crippen LogP contribution in [0.3, 0.4) is 0 Å². The standard InChI is InChI=1S/C16H20N4O2/c1-10-8-14(22-19-10)13-9-18-20(15(13)11-2-3-11)7-6-17-16(21)12-4-5-12/h8-9,11-12H,2-7H2,1H3,(H,17,21). The Kier molecular flexibility index (Phi) is 3.24. The predicted molar refractivity (Wildman–Crippen MR) is 80.2 cm³/mol. The number of nitrogens with one attached hydrogen (secondary N) is 1. The smallest absolute Gasteiger partial charge is 0.223 e. The first-order chi connectivity index (χ1) is 10.7. The zero-order valence-corrected chi connectivity index (χ0v) is 12.7. The van der Waals surface area contributed by atoms with Crippen molar-refractivity contribution in [2.75, 3.05) is 6.54 Å². The Bertz CT molecular complexity index is 695. The van der Waals surface area contributed by atoms with Crippen molar-refractivity contribution in [2.24, 2.45) is 5.92 Å². The van der Waals surface area contributed by atoms with E-state index in [0.717, 1.165) is 29.9 Å². The second kappa shape index (κ2) is 5.26. The van der Waals surface area contributed by atoms with Crippen molar-refractivity contribution in [2.45, 2.75) is 45.1 Å². The maximum Gasteiger partial charge on any atom is 0.223 e. The van der Waals surface area contributed by atoms with Crippen molar-refractivity contribution in [1.82, 2.24) is 20.3 Å². The van der Waals surface area contributed by atoms with Gasteiger partial charge in [0.15, 0.2) is 5.76 Å². The van der Waals surface area contributed by atoms with Crippen LogP contribution in [0, 0.1) is 12.8 Å². The second-order valence-electron chi connectivity index (χ2n) is 6.34. The van der Waals surface area contributed by atoms with E-state index >= 15 is 0 Å². The molecule has 0 unspecified atom stereocenters. The summed E-state index contributed by atoms with van der Waals surface area (Å²) < 4.78 is 7.40. The maximum absolute atomic E-state index is 11.7. The van der Waals surface area contributed by atoms with Gasteiger partial charge in [0.25, 0.3) is 0 Å². The van der Waals surface area contributed by atoms with Gasteiger partial charge >= 0.3 is 0 Å². The average molecular weight is 300 g/mol. The van der Waals surface area contributed by atoms with E-state index in [1.165, 1.54) is 18.5 Å². The molecule has 2 aromatic heterocycles. The third-order valence-electron chi connectivity index (χ3n) is 4.31. The molecule has 2 aliphatic rings. The summed E-state index contributed by atoms with van der Waals surface area (Å²) in [6.45, 7) is 3.25. The van der Waals surface area contributed by atoms with E-state index in [0.29, 0.717) is 19.0 Å². The number of hydrogen-bond acceptors (Lipinski definition) is 4. The molecule has 6 nitrogen and oxygen atoms in total. The van der Waals surface area contributed by atoms with E-state index < -0.39 is 0 Å². The van der Waals surface area contributed by atoms with E-state index in [9.17, 15) is 4.79 Å². The first-order valence-electron chi connectivity index (χ1n) is 7.99. The van der Waals surface area contributed by atoms with Crippen molar-refractivity contribution < 1.29 is 9.32 Å². The van der Waals surface area contributed by atoms with Gasteiger partial charge in [0.2, 0.25) is 5.91 Å². The number of carbonyl (C=O) groups is 1. The summed E-state index contributed by atoms with van der Waals surface area (Å²) in [5.41, 5.74) is 3.13. The highest BCUT2D eigenvalue weighted by Gasteiger charge is 2.32. The van der Waals surface area contributed by atoms with Crippen molar-refractivity contribution in [3.63, 3.8) is 0 Å². The minimum absolute atomic E-state index is 0.186. The van der Waals surface area contributed by atoms with Crippen molar-refractivity contribution in [1.29, 1.82) is 0 Å². The van der Waals surface area contributed by atoms with Crippen LogP contribution in [0.15, 0.2) is 16.8 Å². The van der Waals surface area contributed by atoms with Gasteiger partial charge in [0.05, 0.1) is 29.7 Å². The van der Waals surface area contributed by atoms with Crippen LogP contribution in [0.2, 0.25) is 0 Å². The number of aryl methyl sites for hydroxylation is 1. The van der Waals surface area contributed by atoms with Crippen molar-refractivity contribution in [3.05, 3.63) is 23.7 Å². The molecule has 2 aromatic rings. The molecule has 22 heavy (non-hydrogen) atoms. The molecule has 0 aromatic carbocycles. The monoisotopic (exact) mass is 300 g/mol. The lowest BCUT2D eigenvalue weighted by atomic mass is 10.1. The SMILES string of the molecule is Cc1cc(-c2cnn(CCNC(=O)C3CC3)c2C2CC2)on1. The van der Waals surface area contributed by atoms with Gasteiger partial charge in [-0.15, -0.1) is 0 Å². The Balaban J connectivity index is 1.49. The normalized spacial score (nSPS) is 17.7. The molecule has 1 N–H and O–H groups in total. The van der Waals surface area contributed by atoms with Gasteiger partial charge in [-0.2, -0.15) is 5.10 Å². The Morgan fingerprint density at radius 2 is 2.23 bits per heavy atom. The molecule has 2 heterocycles.